The van der Waals surface area contributed by atoms with Gasteiger partial charge in [0.05, 0.1) is 4.92 Å². The second-order valence-electron chi connectivity index (χ2n) is 4.32. The van der Waals surface area contributed by atoms with Crippen LogP contribution in [0.4, 0.5) is 10.5 Å². The lowest BCUT2D eigenvalue weighted by Crippen LogP contribution is -2.14. The first kappa shape index (κ1) is 18.1. The van der Waals surface area contributed by atoms with Gasteiger partial charge in [0.1, 0.15) is 5.75 Å². The first-order valence-corrected chi connectivity index (χ1v) is 5.73. The monoisotopic (exact) mass is 304 g/mol. The molecule has 0 unspecified atom stereocenters. The number of ether oxygens (including phenoxy) is 1. The van der Waals surface area contributed by atoms with Crippen LogP contribution < -0.4 is 4.74 Å². The molecule has 0 aliphatic rings. The van der Waals surface area contributed by atoms with E-state index in [2.05, 4.69) is 4.74 Å². The minimum absolute atomic E-state index is 0. The van der Waals surface area contributed by atoms with Crippen molar-refractivity contribution in [3.05, 3.63) is 33.9 Å². The van der Waals surface area contributed by atoms with Gasteiger partial charge in [0, 0.05) is 17.7 Å². The van der Waals surface area contributed by atoms with E-state index in [0.717, 1.165) is 13.0 Å². The number of carbonyl (C=O) groups is 1. The highest BCUT2D eigenvalue weighted by molar-refractivity contribution is 5.85. The van der Waals surface area contributed by atoms with Crippen molar-refractivity contribution >= 4 is 24.2 Å². The number of carboxylic acid groups (broad SMARTS) is 1. The molecule has 0 aromatic heterocycles. The summed E-state index contributed by atoms with van der Waals surface area (Å²) >= 11 is 0. The van der Waals surface area contributed by atoms with Crippen LogP contribution >= 0.6 is 12.4 Å². The Bertz CT molecular complexity index is 479. The summed E-state index contributed by atoms with van der Waals surface area (Å²) in [6, 6.07) is 3.90. The molecule has 7 nitrogen and oxygen atoms in total. The Hall–Kier alpha value is -1.86. The largest absolute Gasteiger partial charge is 0.511 e. The predicted octanol–water partition coefficient (Wildman–Crippen LogP) is 2.57. The predicted molar refractivity (Wildman–Crippen MR) is 75.9 cm³/mol. The molecular formula is C12H17ClN2O5. The summed E-state index contributed by atoms with van der Waals surface area (Å²) in [5.41, 5.74) is 0.455. The van der Waals surface area contributed by atoms with Crippen LogP contribution in [0, 0.1) is 10.1 Å². The summed E-state index contributed by atoms with van der Waals surface area (Å²) in [5, 5.41) is 19.3. The number of benzene rings is 1. The van der Waals surface area contributed by atoms with Crippen molar-refractivity contribution in [2.75, 3.05) is 20.6 Å². The lowest BCUT2D eigenvalue weighted by molar-refractivity contribution is -0.384. The number of nitro benzene ring substituents is 1. The van der Waals surface area contributed by atoms with E-state index in [-0.39, 0.29) is 23.8 Å². The molecule has 0 aliphatic carbocycles. The fraction of sp³-hybridized carbons (Fsp3) is 0.417. The Balaban J connectivity index is 0.00000361. The fourth-order valence-electron chi connectivity index (χ4n) is 1.65. The van der Waals surface area contributed by atoms with E-state index in [1.807, 2.05) is 19.0 Å². The number of rotatable bonds is 6. The Kier molecular flexibility index (Phi) is 7.56. The van der Waals surface area contributed by atoms with Gasteiger partial charge < -0.3 is 14.7 Å². The van der Waals surface area contributed by atoms with Gasteiger partial charge in [0.25, 0.3) is 5.69 Å². The third-order valence-electron chi connectivity index (χ3n) is 2.50. The highest BCUT2D eigenvalue weighted by Crippen LogP contribution is 2.25. The van der Waals surface area contributed by atoms with Gasteiger partial charge in [-0.1, -0.05) is 0 Å². The molecule has 1 N–H and O–H groups in total. The minimum Gasteiger partial charge on any atom is -0.449 e. The van der Waals surface area contributed by atoms with E-state index in [9.17, 15) is 14.9 Å². The zero-order valence-corrected chi connectivity index (χ0v) is 12.1. The lowest BCUT2D eigenvalue weighted by Gasteiger charge is -2.11. The molecule has 0 fully saturated rings. The summed E-state index contributed by atoms with van der Waals surface area (Å²) in [4.78, 5) is 22.7. The third kappa shape index (κ3) is 5.85. The Morgan fingerprint density at radius 2 is 2.10 bits per heavy atom. The van der Waals surface area contributed by atoms with Gasteiger partial charge in [0.2, 0.25) is 0 Å². The SMILES string of the molecule is CN(C)CCCc1cc([N+](=O)[O-])ccc1OC(=O)O.Cl. The average molecular weight is 305 g/mol. The number of nitro groups is 1. The molecule has 20 heavy (non-hydrogen) atoms. The molecule has 112 valence electrons. The topological polar surface area (TPSA) is 92.9 Å². The lowest BCUT2D eigenvalue weighted by atomic mass is 10.1. The molecule has 0 atom stereocenters. The highest BCUT2D eigenvalue weighted by atomic mass is 35.5. The minimum atomic E-state index is -1.43. The highest BCUT2D eigenvalue weighted by Gasteiger charge is 2.13. The molecule has 0 aliphatic heterocycles. The van der Waals surface area contributed by atoms with E-state index in [1.54, 1.807) is 0 Å². The Morgan fingerprint density at radius 3 is 2.60 bits per heavy atom. The molecule has 0 bridgehead atoms. The van der Waals surface area contributed by atoms with Crippen molar-refractivity contribution in [1.29, 1.82) is 0 Å². The third-order valence-corrected chi connectivity index (χ3v) is 2.50. The van der Waals surface area contributed by atoms with Crippen LogP contribution in [0.2, 0.25) is 0 Å². The van der Waals surface area contributed by atoms with E-state index in [1.165, 1.54) is 18.2 Å². The number of aryl methyl sites for hydroxylation is 1. The first-order valence-electron chi connectivity index (χ1n) is 5.73. The van der Waals surface area contributed by atoms with Crippen molar-refractivity contribution in [1.82, 2.24) is 4.90 Å². The fourth-order valence-corrected chi connectivity index (χ4v) is 1.65. The van der Waals surface area contributed by atoms with E-state index in [0.29, 0.717) is 12.0 Å². The van der Waals surface area contributed by atoms with Crippen LogP contribution in [0.15, 0.2) is 18.2 Å². The molecule has 0 heterocycles. The molecular weight excluding hydrogens is 288 g/mol. The van der Waals surface area contributed by atoms with Crippen molar-refractivity contribution in [2.24, 2.45) is 0 Å². The molecule has 1 aromatic rings. The van der Waals surface area contributed by atoms with Gasteiger partial charge in [-0.3, -0.25) is 10.1 Å². The van der Waals surface area contributed by atoms with Crippen molar-refractivity contribution < 1.29 is 19.6 Å². The maximum Gasteiger partial charge on any atom is 0.511 e. The van der Waals surface area contributed by atoms with Gasteiger partial charge >= 0.3 is 6.16 Å². The van der Waals surface area contributed by atoms with E-state index < -0.39 is 11.1 Å². The second kappa shape index (κ2) is 8.34. The van der Waals surface area contributed by atoms with Crippen molar-refractivity contribution in [3.63, 3.8) is 0 Å². The van der Waals surface area contributed by atoms with Crippen LogP contribution in [0.3, 0.4) is 0 Å². The van der Waals surface area contributed by atoms with Gasteiger partial charge in [-0.25, -0.2) is 4.79 Å². The van der Waals surface area contributed by atoms with Crippen molar-refractivity contribution in [3.8, 4) is 5.75 Å². The molecule has 0 saturated heterocycles. The molecule has 1 aromatic carbocycles. The standard InChI is InChI=1S/C12H16N2O5.ClH/c1-13(2)7-3-4-9-8-10(14(17)18)5-6-11(9)19-12(15)16;/h5-6,8H,3-4,7H2,1-2H3,(H,15,16);1H. The van der Waals surface area contributed by atoms with Gasteiger partial charge in [-0.2, -0.15) is 0 Å². The molecule has 0 amide bonds. The first-order chi connectivity index (χ1) is 8.90. The molecule has 0 spiro atoms. The van der Waals surface area contributed by atoms with Crippen LogP contribution in [-0.2, 0) is 6.42 Å². The van der Waals surface area contributed by atoms with E-state index >= 15 is 0 Å². The number of hydrogen-bond donors (Lipinski definition) is 1. The van der Waals surface area contributed by atoms with Crippen LogP contribution in [0.25, 0.3) is 0 Å². The molecule has 8 heteroatoms. The molecule has 0 saturated carbocycles. The zero-order valence-electron chi connectivity index (χ0n) is 11.2. The summed E-state index contributed by atoms with van der Waals surface area (Å²) in [5.74, 6) is 0.150. The van der Waals surface area contributed by atoms with Crippen LogP contribution in [0.5, 0.6) is 5.75 Å². The number of hydrogen-bond acceptors (Lipinski definition) is 5. The van der Waals surface area contributed by atoms with Crippen molar-refractivity contribution in [2.45, 2.75) is 12.8 Å². The molecule has 1 rings (SSSR count). The maximum atomic E-state index is 10.7. The summed E-state index contributed by atoms with van der Waals surface area (Å²) in [6.45, 7) is 0.801. The second-order valence-corrected chi connectivity index (χ2v) is 4.32. The van der Waals surface area contributed by atoms with Gasteiger partial charge in [0.15, 0.2) is 0 Å². The summed E-state index contributed by atoms with van der Waals surface area (Å²) in [7, 11) is 3.84. The smallest absolute Gasteiger partial charge is 0.449 e. The van der Waals surface area contributed by atoms with E-state index in [4.69, 9.17) is 5.11 Å². The average Bonchev–Trinajstić information content (AvgIpc) is 2.29. The normalized spacial score (nSPS) is 9.95. The summed E-state index contributed by atoms with van der Waals surface area (Å²) < 4.78 is 4.62. The van der Waals surface area contributed by atoms with Gasteiger partial charge in [-0.05, 0) is 39.5 Å². The van der Waals surface area contributed by atoms with Crippen LogP contribution in [-0.4, -0.2) is 41.7 Å². The number of halogens is 1. The van der Waals surface area contributed by atoms with Gasteiger partial charge in [-0.15, -0.1) is 12.4 Å². The Labute approximate surface area is 122 Å². The quantitative estimate of drug-likeness (QED) is 0.376. The number of non-ortho nitro benzene ring substituents is 1. The molecule has 0 radical (unpaired) electrons. The number of nitrogens with zero attached hydrogens (tertiary/aromatic N) is 2. The zero-order chi connectivity index (χ0) is 14.4. The Morgan fingerprint density at radius 1 is 1.45 bits per heavy atom. The van der Waals surface area contributed by atoms with Crippen LogP contribution in [0.1, 0.15) is 12.0 Å². The maximum absolute atomic E-state index is 10.7. The summed E-state index contributed by atoms with van der Waals surface area (Å²) in [6.07, 6.45) is -0.158.